The number of carbonyl (C=O) groups excluding carboxylic acids is 1. The zero-order valence-electron chi connectivity index (χ0n) is 10.00. The summed E-state index contributed by atoms with van der Waals surface area (Å²) in [6.45, 7) is -0.608. The van der Waals surface area contributed by atoms with E-state index in [4.69, 9.17) is 16.3 Å². The first-order chi connectivity index (χ1) is 9.49. The maximum Gasteiger partial charge on any atom is 0.203 e. The van der Waals surface area contributed by atoms with Crippen LogP contribution in [0.5, 0.6) is 5.75 Å². The number of rotatable bonds is 4. The van der Waals surface area contributed by atoms with Crippen LogP contribution in [-0.2, 0) is 0 Å². The Morgan fingerprint density at radius 1 is 1.10 bits per heavy atom. The van der Waals surface area contributed by atoms with Crippen LogP contribution in [0.3, 0.4) is 0 Å². The summed E-state index contributed by atoms with van der Waals surface area (Å²) in [5.74, 6) is -3.56. The highest BCUT2D eigenvalue weighted by Gasteiger charge is 2.15. The number of Topliss-reactive ketones (excluding diaryl/α,β-unsaturated/α-hetero) is 1. The Kier molecular flexibility index (Phi) is 4.29. The molecule has 104 valence electrons. The van der Waals surface area contributed by atoms with Crippen LogP contribution in [0.1, 0.15) is 10.4 Å². The fraction of sp³-hybridized carbons (Fsp3) is 0.0714. The van der Waals surface area contributed by atoms with Gasteiger partial charge in [0.1, 0.15) is 11.6 Å². The third kappa shape index (κ3) is 3.11. The summed E-state index contributed by atoms with van der Waals surface area (Å²) in [6, 6.07) is 6.42. The second-order valence-electron chi connectivity index (χ2n) is 3.89. The van der Waals surface area contributed by atoms with E-state index >= 15 is 0 Å². The van der Waals surface area contributed by atoms with Crippen molar-refractivity contribution in [1.29, 1.82) is 0 Å². The van der Waals surface area contributed by atoms with Gasteiger partial charge in [0.25, 0.3) is 0 Å². The van der Waals surface area contributed by atoms with Gasteiger partial charge in [-0.25, -0.2) is 13.2 Å². The molecule has 0 radical (unpaired) electrons. The zero-order chi connectivity index (χ0) is 14.7. The molecule has 0 N–H and O–H groups in total. The molecule has 0 heterocycles. The summed E-state index contributed by atoms with van der Waals surface area (Å²) in [5.41, 5.74) is -0.334. The Hall–Kier alpha value is -2.01. The highest BCUT2D eigenvalue weighted by molar-refractivity contribution is 6.32. The van der Waals surface area contributed by atoms with E-state index in [1.54, 1.807) is 0 Å². The number of ketones is 1. The van der Waals surface area contributed by atoms with Gasteiger partial charge in [0.05, 0.1) is 10.6 Å². The van der Waals surface area contributed by atoms with Gasteiger partial charge in [-0.2, -0.15) is 0 Å². The molecule has 0 amide bonds. The van der Waals surface area contributed by atoms with Gasteiger partial charge in [-0.15, -0.1) is 0 Å². The molecular formula is C14H8ClF3O2. The summed E-state index contributed by atoms with van der Waals surface area (Å²) in [7, 11) is 0. The lowest BCUT2D eigenvalue weighted by Crippen LogP contribution is -2.14. The predicted octanol–water partition coefficient (Wildman–Crippen LogP) is 4.02. The first kappa shape index (κ1) is 14.4. The van der Waals surface area contributed by atoms with Crippen molar-refractivity contribution in [2.24, 2.45) is 0 Å². The largest absolute Gasteiger partial charge is 0.481 e. The molecule has 0 aromatic heterocycles. The number of benzene rings is 2. The monoisotopic (exact) mass is 300 g/mol. The smallest absolute Gasteiger partial charge is 0.203 e. The van der Waals surface area contributed by atoms with E-state index < -0.39 is 29.8 Å². The van der Waals surface area contributed by atoms with Crippen LogP contribution < -0.4 is 4.74 Å². The number of ether oxygens (including phenoxy) is 1. The Morgan fingerprint density at radius 2 is 1.85 bits per heavy atom. The third-order valence-corrected chi connectivity index (χ3v) is 2.80. The number of halogens is 4. The fourth-order valence-corrected chi connectivity index (χ4v) is 1.77. The summed E-state index contributed by atoms with van der Waals surface area (Å²) < 4.78 is 44.4. The first-order valence-electron chi connectivity index (χ1n) is 5.54. The van der Waals surface area contributed by atoms with Crippen molar-refractivity contribution in [1.82, 2.24) is 0 Å². The lowest BCUT2D eigenvalue weighted by atomic mass is 10.1. The molecule has 0 unspecified atom stereocenters. The second kappa shape index (κ2) is 5.96. The van der Waals surface area contributed by atoms with E-state index in [2.05, 4.69) is 0 Å². The summed E-state index contributed by atoms with van der Waals surface area (Å²) in [6.07, 6.45) is 0. The quantitative estimate of drug-likeness (QED) is 0.797. The molecule has 0 aliphatic rings. The number of hydrogen-bond donors (Lipinski definition) is 0. The minimum absolute atomic E-state index is 0.00243. The van der Waals surface area contributed by atoms with Gasteiger partial charge in [-0.05, 0) is 24.3 Å². The second-order valence-corrected chi connectivity index (χ2v) is 4.29. The molecule has 2 aromatic rings. The molecule has 2 nitrogen and oxygen atoms in total. The molecule has 2 aromatic carbocycles. The average molecular weight is 301 g/mol. The van der Waals surface area contributed by atoms with Gasteiger partial charge in [0.2, 0.25) is 5.78 Å². The minimum Gasteiger partial charge on any atom is -0.481 e. The maximum absolute atomic E-state index is 13.4. The Bertz CT molecular complexity index is 639. The van der Waals surface area contributed by atoms with E-state index in [1.165, 1.54) is 12.1 Å². The van der Waals surface area contributed by atoms with Gasteiger partial charge in [0.15, 0.2) is 18.2 Å². The summed E-state index contributed by atoms with van der Waals surface area (Å²) in [5, 5.41) is -0.00243. The lowest BCUT2D eigenvalue weighted by Gasteiger charge is -2.08. The predicted molar refractivity (Wildman–Crippen MR) is 67.6 cm³/mol. The van der Waals surface area contributed by atoms with Gasteiger partial charge in [-0.3, -0.25) is 4.79 Å². The summed E-state index contributed by atoms with van der Waals surface area (Å²) >= 11 is 5.71. The van der Waals surface area contributed by atoms with Crippen molar-refractivity contribution in [3.05, 3.63) is 64.4 Å². The van der Waals surface area contributed by atoms with Crippen molar-refractivity contribution < 1.29 is 22.7 Å². The lowest BCUT2D eigenvalue weighted by molar-refractivity contribution is 0.0914. The molecule has 20 heavy (non-hydrogen) atoms. The van der Waals surface area contributed by atoms with Crippen molar-refractivity contribution in [3.63, 3.8) is 0 Å². The first-order valence-corrected chi connectivity index (χ1v) is 5.92. The Labute approximate surface area is 117 Å². The maximum atomic E-state index is 13.4. The highest BCUT2D eigenvalue weighted by atomic mass is 35.5. The van der Waals surface area contributed by atoms with E-state index in [1.807, 2.05) is 0 Å². The molecule has 0 atom stereocenters. The van der Waals surface area contributed by atoms with Crippen LogP contribution in [0.15, 0.2) is 36.4 Å². The summed E-state index contributed by atoms with van der Waals surface area (Å²) in [4.78, 5) is 11.7. The van der Waals surface area contributed by atoms with E-state index in [-0.39, 0.29) is 16.3 Å². The molecule has 0 fully saturated rings. The van der Waals surface area contributed by atoms with Gasteiger partial charge in [-0.1, -0.05) is 17.7 Å². The SMILES string of the molecule is O=C(COc1c(F)cccc1Cl)c1ccc(F)cc1F. The van der Waals surface area contributed by atoms with Crippen molar-refractivity contribution in [3.8, 4) is 5.75 Å². The van der Waals surface area contributed by atoms with Crippen LogP contribution >= 0.6 is 11.6 Å². The number of hydrogen-bond acceptors (Lipinski definition) is 2. The molecule has 0 aliphatic carbocycles. The zero-order valence-corrected chi connectivity index (χ0v) is 10.8. The van der Waals surface area contributed by atoms with Crippen LogP contribution in [0.25, 0.3) is 0 Å². The van der Waals surface area contributed by atoms with Crippen LogP contribution in [0.2, 0.25) is 5.02 Å². The molecule has 2 rings (SSSR count). The van der Waals surface area contributed by atoms with Gasteiger partial charge in [0, 0.05) is 6.07 Å². The molecule has 6 heteroatoms. The van der Waals surface area contributed by atoms with E-state index in [0.29, 0.717) is 6.07 Å². The van der Waals surface area contributed by atoms with Gasteiger partial charge < -0.3 is 4.74 Å². The molecule has 0 bridgehead atoms. The molecule has 0 aliphatic heterocycles. The molecule has 0 saturated carbocycles. The molecule has 0 spiro atoms. The normalized spacial score (nSPS) is 10.4. The topological polar surface area (TPSA) is 26.3 Å². The van der Waals surface area contributed by atoms with Crippen LogP contribution in [-0.4, -0.2) is 12.4 Å². The Balaban J connectivity index is 2.13. The van der Waals surface area contributed by atoms with Crippen molar-refractivity contribution in [2.75, 3.05) is 6.61 Å². The Morgan fingerprint density at radius 3 is 2.50 bits per heavy atom. The average Bonchev–Trinajstić information content (AvgIpc) is 2.37. The number of carbonyl (C=O) groups is 1. The molecule has 0 saturated heterocycles. The highest BCUT2D eigenvalue weighted by Crippen LogP contribution is 2.27. The van der Waals surface area contributed by atoms with Crippen LogP contribution in [0.4, 0.5) is 13.2 Å². The van der Waals surface area contributed by atoms with E-state index in [0.717, 1.165) is 18.2 Å². The minimum atomic E-state index is -1.00. The van der Waals surface area contributed by atoms with Crippen molar-refractivity contribution >= 4 is 17.4 Å². The number of para-hydroxylation sites is 1. The van der Waals surface area contributed by atoms with Crippen LogP contribution in [0, 0.1) is 17.5 Å². The van der Waals surface area contributed by atoms with Crippen molar-refractivity contribution in [2.45, 2.75) is 0 Å². The van der Waals surface area contributed by atoms with E-state index in [9.17, 15) is 18.0 Å². The third-order valence-electron chi connectivity index (χ3n) is 2.50. The van der Waals surface area contributed by atoms with Gasteiger partial charge >= 0.3 is 0 Å². The fourth-order valence-electron chi connectivity index (χ4n) is 1.55. The molecular weight excluding hydrogens is 293 g/mol. The standard InChI is InChI=1S/C14H8ClF3O2/c15-10-2-1-3-11(17)14(10)20-7-13(19)9-5-4-8(16)6-12(9)18/h1-6H,7H2.